The van der Waals surface area contributed by atoms with Gasteiger partial charge in [-0.25, -0.2) is 23.4 Å². The van der Waals surface area contributed by atoms with Crippen LogP contribution in [0.3, 0.4) is 0 Å². The van der Waals surface area contributed by atoms with E-state index >= 15 is 0 Å². The van der Waals surface area contributed by atoms with Crippen molar-refractivity contribution < 1.29 is 8.42 Å². The fraction of sp³-hybridized carbons (Fsp3) is 0.188. The van der Waals surface area contributed by atoms with E-state index < -0.39 is 10.0 Å². The first-order valence-electron chi connectivity index (χ1n) is 7.44. The molecule has 24 heavy (non-hydrogen) atoms. The lowest BCUT2D eigenvalue weighted by Crippen LogP contribution is -2.14. The van der Waals surface area contributed by atoms with Crippen LogP contribution in [0.15, 0.2) is 53.9 Å². The van der Waals surface area contributed by atoms with Crippen molar-refractivity contribution in [3.8, 4) is 5.82 Å². The summed E-state index contributed by atoms with van der Waals surface area (Å²) in [6.45, 7) is 3.85. The van der Waals surface area contributed by atoms with E-state index in [1.165, 1.54) is 6.33 Å². The number of sulfonamides is 1. The summed E-state index contributed by atoms with van der Waals surface area (Å²) in [5.74, 6) is 1.49. The molecule has 0 spiro atoms. The molecule has 0 unspecified atom stereocenters. The summed E-state index contributed by atoms with van der Waals surface area (Å²) in [6, 6.07) is 8.34. The zero-order valence-corrected chi connectivity index (χ0v) is 14.2. The second-order valence-electron chi connectivity index (χ2n) is 5.21. The van der Waals surface area contributed by atoms with Gasteiger partial charge in [-0.3, -0.25) is 9.29 Å². The van der Waals surface area contributed by atoms with Gasteiger partial charge >= 0.3 is 0 Å². The first-order chi connectivity index (χ1) is 11.5. The molecule has 3 aromatic rings. The van der Waals surface area contributed by atoms with Crippen molar-refractivity contribution in [3.63, 3.8) is 0 Å². The largest absolute Gasteiger partial charge is 0.288 e. The fourth-order valence-electron chi connectivity index (χ4n) is 2.26. The number of anilines is 1. The summed E-state index contributed by atoms with van der Waals surface area (Å²) in [5, 5.41) is 0. The molecule has 7 nitrogen and oxygen atoms in total. The third-order valence-electron chi connectivity index (χ3n) is 3.61. The number of aromatic nitrogens is 4. The highest BCUT2D eigenvalue weighted by atomic mass is 32.2. The zero-order valence-electron chi connectivity index (χ0n) is 13.3. The molecule has 0 radical (unpaired) electrons. The Kier molecular flexibility index (Phi) is 4.30. The number of imidazole rings is 1. The molecule has 8 heteroatoms. The van der Waals surface area contributed by atoms with Gasteiger partial charge in [0, 0.05) is 18.5 Å². The Labute approximate surface area is 140 Å². The Morgan fingerprint density at radius 2 is 1.88 bits per heavy atom. The predicted octanol–water partition coefficient (Wildman–Crippen LogP) is 2.33. The highest BCUT2D eigenvalue weighted by Gasteiger charge is 2.15. The van der Waals surface area contributed by atoms with E-state index in [1.807, 2.05) is 13.8 Å². The highest BCUT2D eigenvalue weighted by Crippen LogP contribution is 2.17. The molecule has 0 amide bonds. The van der Waals surface area contributed by atoms with E-state index in [4.69, 9.17) is 0 Å². The lowest BCUT2D eigenvalue weighted by Gasteiger charge is -2.09. The van der Waals surface area contributed by atoms with Crippen LogP contribution in [-0.4, -0.2) is 27.9 Å². The molecule has 1 aromatic carbocycles. The summed E-state index contributed by atoms with van der Waals surface area (Å²) < 4.78 is 29.2. The average Bonchev–Trinajstić information content (AvgIpc) is 3.01. The van der Waals surface area contributed by atoms with Gasteiger partial charge in [-0.15, -0.1) is 0 Å². The molecule has 2 heterocycles. The molecule has 0 aliphatic carbocycles. The average molecular weight is 343 g/mol. The number of hydrogen-bond donors (Lipinski definition) is 1. The van der Waals surface area contributed by atoms with Crippen molar-refractivity contribution in [2.45, 2.75) is 25.2 Å². The van der Waals surface area contributed by atoms with Crippen molar-refractivity contribution in [1.29, 1.82) is 0 Å². The van der Waals surface area contributed by atoms with Gasteiger partial charge in [0.1, 0.15) is 23.8 Å². The standard InChI is InChI=1S/C16H17N5O2S/c1-3-13-4-6-14(7-5-13)24(22,23)20-15-10-16(19-11-18-15)21-9-8-17-12(21)2/h4-11H,3H2,1-2H3,(H,18,19,20). The van der Waals surface area contributed by atoms with Gasteiger partial charge in [0.25, 0.3) is 10.0 Å². The highest BCUT2D eigenvalue weighted by molar-refractivity contribution is 7.92. The van der Waals surface area contributed by atoms with Crippen molar-refractivity contribution in [2.24, 2.45) is 0 Å². The van der Waals surface area contributed by atoms with Crippen LogP contribution in [0.1, 0.15) is 18.3 Å². The molecule has 0 saturated heterocycles. The number of aryl methyl sites for hydroxylation is 2. The van der Waals surface area contributed by atoms with Gasteiger partial charge in [0.05, 0.1) is 4.90 Å². The first kappa shape index (κ1) is 16.1. The number of nitrogens with zero attached hydrogens (tertiary/aromatic N) is 4. The van der Waals surface area contributed by atoms with Crippen LogP contribution < -0.4 is 4.72 Å². The number of benzene rings is 1. The zero-order chi connectivity index (χ0) is 17.2. The third kappa shape index (κ3) is 3.28. The van der Waals surface area contributed by atoms with Crippen molar-refractivity contribution in [1.82, 2.24) is 19.5 Å². The predicted molar refractivity (Wildman–Crippen MR) is 90.5 cm³/mol. The summed E-state index contributed by atoms with van der Waals surface area (Å²) >= 11 is 0. The summed E-state index contributed by atoms with van der Waals surface area (Å²) in [5.41, 5.74) is 1.08. The summed E-state index contributed by atoms with van der Waals surface area (Å²) in [7, 11) is -3.70. The van der Waals surface area contributed by atoms with Crippen molar-refractivity contribution in [3.05, 3.63) is 60.4 Å². The van der Waals surface area contributed by atoms with E-state index in [1.54, 1.807) is 47.3 Å². The molecule has 2 aromatic heterocycles. The van der Waals surface area contributed by atoms with Gasteiger partial charge in [0.15, 0.2) is 0 Å². The second kappa shape index (κ2) is 6.40. The van der Waals surface area contributed by atoms with Gasteiger partial charge in [0.2, 0.25) is 0 Å². The molecule has 0 aliphatic rings. The topological polar surface area (TPSA) is 89.8 Å². The van der Waals surface area contributed by atoms with Crippen molar-refractivity contribution in [2.75, 3.05) is 4.72 Å². The van der Waals surface area contributed by atoms with E-state index in [9.17, 15) is 8.42 Å². The summed E-state index contributed by atoms with van der Waals surface area (Å²) in [6.07, 6.45) is 5.57. The van der Waals surface area contributed by atoms with Crippen LogP contribution in [0.25, 0.3) is 5.82 Å². The third-order valence-corrected chi connectivity index (χ3v) is 4.98. The lowest BCUT2D eigenvalue weighted by atomic mass is 10.2. The molecule has 0 fully saturated rings. The number of nitrogens with one attached hydrogen (secondary N) is 1. The maximum absolute atomic E-state index is 12.5. The monoisotopic (exact) mass is 343 g/mol. The Balaban J connectivity index is 1.88. The van der Waals surface area contributed by atoms with Gasteiger partial charge in [-0.05, 0) is 31.0 Å². The molecule has 3 rings (SSSR count). The molecule has 0 atom stereocenters. The van der Waals surface area contributed by atoms with Gasteiger partial charge in [-0.1, -0.05) is 19.1 Å². The molecule has 1 N–H and O–H groups in total. The van der Waals surface area contributed by atoms with Crippen molar-refractivity contribution >= 4 is 15.8 Å². The minimum Gasteiger partial charge on any atom is -0.288 e. The smallest absolute Gasteiger partial charge is 0.263 e. The molecule has 0 aliphatic heterocycles. The molecule has 0 saturated carbocycles. The number of hydrogen-bond acceptors (Lipinski definition) is 5. The van der Waals surface area contributed by atoms with Crippen LogP contribution >= 0.6 is 0 Å². The summed E-state index contributed by atoms with van der Waals surface area (Å²) in [4.78, 5) is 12.5. The van der Waals surface area contributed by atoms with E-state index in [0.717, 1.165) is 17.8 Å². The fourth-order valence-corrected chi connectivity index (χ4v) is 3.25. The number of rotatable bonds is 5. The molecule has 124 valence electrons. The Hall–Kier alpha value is -2.74. The van der Waals surface area contributed by atoms with Crippen LogP contribution in [0.2, 0.25) is 0 Å². The van der Waals surface area contributed by atoms with Crippen LogP contribution in [-0.2, 0) is 16.4 Å². The first-order valence-corrected chi connectivity index (χ1v) is 8.92. The van der Waals surface area contributed by atoms with Gasteiger partial charge < -0.3 is 0 Å². The van der Waals surface area contributed by atoms with Crippen LogP contribution in [0, 0.1) is 6.92 Å². The second-order valence-corrected chi connectivity index (χ2v) is 6.89. The van der Waals surface area contributed by atoms with Gasteiger partial charge in [-0.2, -0.15) is 0 Å². The quantitative estimate of drug-likeness (QED) is 0.768. The van der Waals surface area contributed by atoms with E-state index in [0.29, 0.717) is 5.82 Å². The minimum absolute atomic E-state index is 0.193. The Bertz CT molecular complexity index is 949. The SMILES string of the molecule is CCc1ccc(S(=O)(=O)Nc2cc(-n3ccnc3C)ncn2)cc1. The lowest BCUT2D eigenvalue weighted by molar-refractivity contribution is 0.601. The Morgan fingerprint density at radius 3 is 2.50 bits per heavy atom. The molecule has 0 bridgehead atoms. The molecular weight excluding hydrogens is 326 g/mol. The van der Waals surface area contributed by atoms with Crippen LogP contribution in [0.4, 0.5) is 5.82 Å². The molecular formula is C16H17N5O2S. The van der Waals surface area contributed by atoms with E-state index in [2.05, 4.69) is 19.7 Å². The Morgan fingerprint density at radius 1 is 1.12 bits per heavy atom. The van der Waals surface area contributed by atoms with E-state index in [-0.39, 0.29) is 10.7 Å². The maximum Gasteiger partial charge on any atom is 0.263 e. The normalized spacial score (nSPS) is 11.4. The van der Waals surface area contributed by atoms with Crippen LogP contribution in [0.5, 0.6) is 0 Å². The maximum atomic E-state index is 12.5. The minimum atomic E-state index is -3.70.